The van der Waals surface area contributed by atoms with Crippen LogP contribution in [0.2, 0.25) is 0 Å². The van der Waals surface area contributed by atoms with E-state index in [-0.39, 0.29) is 12.0 Å². The standard InChI is InChI=1S/C16H15F3O3S/c1-11-7-10-14(23(20,21)22)15(16(17,18)19)13(11)9-8-12-5-3-2-4-6-12/h2-7,10H,8-9H2,1H3,(H,20,21,22). The first-order valence-electron chi connectivity index (χ1n) is 6.82. The summed E-state index contributed by atoms with van der Waals surface area (Å²) < 4.78 is 71.8. The van der Waals surface area contributed by atoms with Crippen LogP contribution in [0, 0.1) is 6.92 Å². The molecule has 1 N–H and O–H groups in total. The quantitative estimate of drug-likeness (QED) is 0.852. The first-order valence-corrected chi connectivity index (χ1v) is 8.26. The van der Waals surface area contributed by atoms with E-state index in [1.54, 1.807) is 30.3 Å². The molecule has 0 spiro atoms. The summed E-state index contributed by atoms with van der Waals surface area (Å²) >= 11 is 0. The van der Waals surface area contributed by atoms with Crippen LogP contribution in [-0.4, -0.2) is 13.0 Å². The lowest BCUT2D eigenvalue weighted by atomic mass is 9.95. The highest BCUT2D eigenvalue weighted by Crippen LogP contribution is 2.38. The van der Waals surface area contributed by atoms with Gasteiger partial charge in [0, 0.05) is 0 Å². The minimum Gasteiger partial charge on any atom is -0.282 e. The molecule has 0 atom stereocenters. The molecule has 3 nitrogen and oxygen atoms in total. The van der Waals surface area contributed by atoms with Crippen molar-refractivity contribution in [2.75, 3.05) is 0 Å². The second kappa shape index (κ2) is 6.33. The van der Waals surface area contributed by atoms with Gasteiger partial charge in [0.2, 0.25) is 0 Å². The van der Waals surface area contributed by atoms with Gasteiger partial charge in [-0.15, -0.1) is 0 Å². The largest absolute Gasteiger partial charge is 0.418 e. The molecule has 0 bridgehead atoms. The van der Waals surface area contributed by atoms with E-state index < -0.39 is 26.8 Å². The van der Waals surface area contributed by atoms with Crippen LogP contribution >= 0.6 is 0 Å². The van der Waals surface area contributed by atoms with Crippen LogP contribution in [0.4, 0.5) is 13.2 Å². The highest BCUT2D eigenvalue weighted by molar-refractivity contribution is 7.85. The van der Waals surface area contributed by atoms with Crippen LogP contribution in [0.1, 0.15) is 22.3 Å². The fraction of sp³-hybridized carbons (Fsp3) is 0.250. The predicted molar refractivity (Wildman–Crippen MR) is 79.8 cm³/mol. The maximum atomic E-state index is 13.4. The van der Waals surface area contributed by atoms with E-state index >= 15 is 0 Å². The summed E-state index contributed by atoms with van der Waals surface area (Å²) in [6, 6.07) is 11.0. The van der Waals surface area contributed by atoms with Gasteiger partial charge >= 0.3 is 6.18 Å². The minimum atomic E-state index is -4.96. The maximum Gasteiger partial charge on any atom is 0.418 e. The van der Waals surface area contributed by atoms with Gasteiger partial charge in [-0.25, -0.2) is 0 Å². The summed E-state index contributed by atoms with van der Waals surface area (Å²) in [6.45, 7) is 1.49. The molecule has 0 aliphatic heterocycles. The Kier molecular flexibility index (Phi) is 4.81. The zero-order valence-corrected chi connectivity index (χ0v) is 13.1. The molecule has 0 aliphatic rings. The van der Waals surface area contributed by atoms with Crippen LogP contribution in [0.15, 0.2) is 47.4 Å². The Labute approximate surface area is 132 Å². The van der Waals surface area contributed by atoms with Crippen LogP contribution in [0.3, 0.4) is 0 Å². The van der Waals surface area contributed by atoms with Gasteiger partial charge in [0.05, 0.1) is 5.56 Å². The van der Waals surface area contributed by atoms with Crippen molar-refractivity contribution < 1.29 is 26.1 Å². The molecule has 0 saturated heterocycles. The Balaban J connectivity index is 2.53. The first kappa shape index (κ1) is 17.5. The van der Waals surface area contributed by atoms with E-state index in [2.05, 4.69) is 0 Å². The summed E-state index contributed by atoms with van der Waals surface area (Å²) in [6.07, 6.45) is -4.52. The lowest BCUT2D eigenvalue weighted by Gasteiger charge is -2.18. The molecule has 0 radical (unpaired) electrons. The average molecular weight is 344 g/mol. The fourth-order valence-corrected chi connectivity index (χ4v) is 3.23. The fourth-order valence-electron chi connectivity index (χ4n) is 2.49. The summed E-state index contributed by atoms with van der Waals surface area (Å²) in [7, 11) is -4.96. The smallest absolute Gasteiger partial charge is 0.282 e. The van der Waals surface area contributed by atoms with Crippen molar-refractivity contribution in [1.82, 2.24) is 0 Å². The van der Waals surface area contributed by atoms with Crippen LogP contribution in [-0.2, 0) is 29.1 Å². The molecule has 2 aromatic rings. The van der Waals surface area contributed by atoms with E-state index in [9.17, 15) is 21.6 Å². The zero-order chi connectivity index (χ0) is 17.3. The summed E-state index contributed by atoms with van der Waals surface area (Å²) in [5.74, 6) is 0. The third-order valence-electron chi connectivity index (χ3n) is 3.58. The van der Waals surface area contributed by atoms with Crippen LogP contribution in [0.5, 0.6) is 0 Å². The van der Waals surface area contributed by atoms with Crippen molar-refractivity contribution in [3.63, 3.8) is 0 Å². The van der Waals surface area contributed by atoms with E-state index in [1.165, 1.54) is 13.0 Å². The van der Waals surface area contributed by atoms with Gasteiger partial charge in [-0.3, -0.25) is 4.55 Å². The molecule has 0 amide bonds. The highest BCUT2D eigenvalue weighted by Gasteiger charge is 2.39. The number of alkyl halides is 3. The highest BCUT2D eigenvalue weighted by atomic mass is 32.2. The van der Waals surface area contributed by atoms with Crippen molar-refractivity contribution in [2.45, 2.75) is 30.8 Å². The Morgan fingerprint density at radius 1 is 1.00 bits per heavy atom. The van der Waals surface area contributed by atoms with E-state index in [4.69, 9.17) is 4.55 Å². The molecule has 2 aromatic carbocycles. The lowest BCUT2D eigenvalue weighted by molar-refractivity contribution is -0.140. The van der Waals surface area contributed by atoms with Gasteiger partial charge in [-0.2, -0.15) is 21.6 Å². The van der Waals surface area contributed by atoms with E-state index in [1.807, 2.05) is 0 Å². The minimum absolute atomic E-state index is 0.0219. The molecule has 2 rings (SSSR count). The van der Waals surface area contributed by atoms with Crippen LogP contribution < -0.4 is 0 Å². The second-order valence-corrected chi connectivity index (χ2v) is 6.58. The molecule has 23 heavy (non-hydrogen) atoms. The third-order valence-corrected chi connectivity index (χ3v) is 4.47. The summed E-state index contributed by atoms with van der Waals surface area (Å²) in [4.78, 5) is -1.10. The first-order chi connectivity index (χ1) is 10.6. The van der Waals surface area contributed by atoms with Crippen molar-refractivity contribution in [1.29, 1.82) is 0 Å². The summed E-state index contributed by atoms with van der Waals surface area (Å²) in [5.41, 5.74) is -0.217. The van der Waals surface area contributed by atoms with Crippen molar-refractivity contribution >= 4 is 10.1 Å². The average Bonchev–Trinajstić information content (AvgIpc) is 2.44. The topological polar surface area (TPSA) is 54.4 Å². The Morgan fingerprint density at radius 2 is 1.61 bits per heavy atom. The second-order valence-electron chi connectivity index (χ2n) is 5.19. The van der Waals surface area contributed by atoms with Gasteiger partial charge in [0.25, 0.3) is 10.1 Å². The zero-order valence-electron chi connectivity index (χ0n) is 12.3. The SMILES string of the molecule is Cc1ccc(S(=O)(=O)O)c(C(F)(F)F)c1CCc1ccccc1. The van der Waals surface area contributed by atoms with Gasteiger partial charge in [-0.05, 0) is 42.5 Å². The normalized spacial score (nSPS) is 12.4. The monoisotopic (exact) mass is 344 g/mol. The molecule has 124 valence electrons. The molecular weight excluding hydrogens is 329 g/mol. The number of hydrogen-bond acceptors (Lipinski definition) is 2. The third kappa shape index (κ3) is 4.11. The number of aryl methyl sites for hydroxylation is 2. The van der Waals surface area contributed by atoms with Gasteiger partial charge < -0.3 is 0 Å². The van der Waals surface area contributed by atoms with Gasteiger partial charge in [0.1, 0.15) is 4.90 Å². The van der Waals surface area contributed by atoms with Crippen molar-refractivity contribution in [2.24, 2.45) is 0 Å². The molecule has 7 heteroatoms. The predicted octanol–water partition coefficient (Wildman–Crippen LogP) is 4.05. The van der Waals surface area contributed by atoms with E-state index in [0.717, 1.165) is 11.6 Å². The molecule has 0 unspecified atom stereocenters. The van der Waals surface area contributed by atoms with Crippen molar-refractivity contribution in [3.8, 4) is 0 Å². The Hall–Kier alpha value is -1.86. The van der Waals surface area contributed by atoms with E-state index in [0.29, 0.717) is 12.0 Å². The molecule has 0 aromatic heterocycles. The maximum absolute atomic E-state index is 13.4. The molecule has 0 heterocycles. The Bertz CT molecular complexity index is 797. The summed E-state index contributed by atoms with van der Waals surface area (Å²) in [5, 5.41) is 0. The Morgan fingerprint density at radius 3 is 2.13 bits per heavy atom. The lowest BCUT2D eigenvalue weighted by Crippen LogP contribution is -2.17. The molecule has 0 saturated carbocycles. The number of rotatable bonds is 4. The van der Waals surface area contributed by atoms with Gasteiger partial charge in [-0.1, -0.05) is 36.4 Å². The van der Waals surface area contributed by atoms with Gasteiger partial charge in [0.15, 0.2) is 0 Å². The number of benzene rings is 2. The number of halogens is 3. The number of hydrogen-bond donors (Lipinski definition) is 1. The molecular formula is C16H15F3O3S. The molecule has 0 fully saturated rings. The van der Waals surface area contributed by atoms with Crippen LogP contribution in [0.25, 0.3) is 0 Å². The molecule has 0 aliphatic carbocycles. The van der Waals surface area contributed by atoms with Crippen molar-refractivity contribution in [3.05, 3.63) is 64.7 Å².